The Bertz CT molecular complexity index is 440. The van der Waals surface area contributed by atoms with Gasteiger partial charge in [0, 0.05) is 24.5 Å². The van der Waals surface area contributed by atoms with Gasteiger partial charge >= 0.3 is 0 Å². The second-order valence-corrected chi connectivity index (χ2v) is 6.86. The number of hydrogen-bond acceptors (Lipinski definition) is 3. The molecule has 1 aliphatic heterocycles. The molecule has 0 N–H and O–H groups in total. The summed E-state index contributed by atoms with van der Waals surface area (Å²) in [5, 5.41) is 0. The van der Waals surface area contributed by atoms with Crippen molar-refractivity contribution in [3.05, 3.63) is 35.4 Å². The van der Waals surface area contributed by atoms with Crippen molar-refractivity contribution in [1.29, 1.82) is 0 Å². The van der Waals surface area contributed by atoms with Crippen LogP contribution in [-0.2, 0) is 11.3 Å². The van der Waals surface area contributed by atoms with Crippen LogP contribution in [-0.4, -0.2) is 50.7 Å². The Morgan fingerprint density at radius 1 is 1.25 bits per heavy atom. The third-order valence-corrected chi connectivity index (χ3v) is 4.21. The molecule has 3 heteroatoms. The lowest BCUT2D eigenvalue weighted by molar-refractivity contribution is -0.113. The molecule has 0 saturated carbocycles. The van der Waals surface area contributed by atoms with E-state index in [1.807, 2.05) is 0 Å². The van der Waals surface area contributed by atoms with E-state index in [2.05, 4.69) is 69.1 Å². The van der Waals surface area contributed by atoms with Gasteiger partial charge in [0.2, 0.25) is 0 Å². The van der Waals surface area contributed by atoms with E-state index in [0.29, 0.717) is 11.5 Å². The van der Waals surface area contributed by atoms with Crippen LogP contribution in [0.15, 0.2) is 24.3 Å². The molecule has 1 saturated heterocycles. The fourth-order valence-corrected chi connectivity index (χ4v) is 2.81. The van der Waals surface area contributed by atoms with E-state index in [1.54, 1.807) is 0 Å². The highest BCUT2D eigenvalue weighted by molar-refractivity contribution is 5.25. The van der Waals surface area contributed by atoms with Crippen molar-refractivity contribution < 1.29 is 4.74 Å². The summed E-state index contributed by atoms with van der Waals surface area (Å²) in [6, 6.07) is 9.41. The van der Waals surface area contributed by atoms with Gasteiger partial charge in [0.15, 0.2) is 0 Å². The SMILES string of the molecule is CC(c1cccc(CN(C)CC2(C)COC2)c1)N(C)C. The highest BCUT2D eigenvalue weighted by Gasteiger charge is 2.34. The first-order valence-corrected chi connectivity index (χ1v) is 7.41. The highest BCUT2D eigenvalue weighted by atomic mass is 16.5. The minimum absolute atomic E-state index is 0.350. The molecular weight excluding hydrogens is 248 g/mol. The lowest BCUT2D eigenvalue weighted by Gasteiger charge is -2.40. The Morgan fingerprint density at radius 2 is 1.95 bits per heavy atom. The van der Waals surface area contributed by atoms with Gasteiger partial charge in [-0.3, -0.25) is 0 Å². The normalized spacial score (nSPS) is 19.1. The molecule has 1 atom stereocenters. The Balaban J connectivity index is 1.97. The summed E-state index contributed by atoms with van der Waals surface area (Å²) in [7, 11) is 6.45. The first-order valence-electron chi connectivity index (χ1n) is 7.41. The van der Waals surface area contributed by atoms with Crippen LogP contribution in [0.5, 0.6) is 0 Å². The topological polar surface area (TPSA) is 15.7 Å². The zero-order chi connectivity index (χ0) is 14.8. The molecule has 0 bridgehead atoms. The van der Waals surface area contributed by atoms with E-state index in [1.165, 1.54) is 11.1 Å². The average molecular weight is 276 g/mol. The van der Waals surface area contributed by atoms with Crippen molar-refractivity contribution in [3.8, 4) is 0 Å². The van der Waals surface area contributed by atoms with Crippen LogP contribution >= 0.6 is 0 Å². The summed E-state index contributed by atoms with van der Waals surface area (Å²) in [5.74, 6) is 0. The van der Waals surface area contributed by atoms with Crippen molar-refractivity contribution in [3.63, 3.8) is 0 Å². The van der Waals surface area contributed by atoms with Gasteiger partial charge in [0.05, 0.1) is 13.2 Å². The van der Waals surface area contributed by atoms with Crippen molar-refractivity contribution in [1.82, 2.24) is 9.80 Å². The maximum absolute atomic E-state index is 5.33. The smallest absolute Gasteiger partial charge is 0.0554 e. The second-order valence-electron chi connectivity index (χ2n) is 6.86. The number of nitrogens with zero attached hydrogens (tertiary/aromatic N) is 2. The first kappa shape index (κ1) is 15.5. The zero-order valence-electron chi connectivity index (χ0n) is 13.5. The van der Waals surface area contributed by atoms with Crippen LogP contribution in [0, 0.1) is 5.41 Å². The van der Waals surface area contributed by atoms with E-state index in [4.69, 9.17) is 4.74 Å². The van der Waals surface area contributed by atoms with Gasteiger partial charge in [-0.05, 0) is 39.2 Å². The predicted molar refractivity (Wildman–Crippen MR) is 83.8 cm³/mol. The molecule has 112 valence electrons. The summed E-state index contributed by atoms with van der Waals surface area (Å²) in [4.78, 5) is 4.65. The molecule has 0 amide bonds. The predicted octanol–water partition coefficient (Wildman–Crippen LogP) is 2.78. The monoisotopic (exact) mass is 276 g/mol. The number of rotatable bonds is 6. The van der Waals surface area contributed by atoms with E-state index < -0.39 is 0 Å². The summed E-state index contributed by atoms with van der Waals surface area (Å²) >= 11 is 0. The van der Waals surface area contributed by atoms with Crippen LogP contribution in [0.3, 0.4) is 0 Å². The minimum atomic E-state index is 0.350. The summed E-state index contributed by atoms with van der Waals surface area (Å²) in [6.07, 6.45) is 0. The molecule has 0 aliphatic carbocycles. The molecule has 1 aliphatic rings. The summed E-state index contributed by atoms with van der Waals surface area (Å²) in [5.41, 5.74) is 3.13. The average Bonchev–Trinajstić information content (AvgIpc) is 2.36. The quantitative estimate of drug-likeness (QED) is 0.794. The zero-order valence-corrected chi connectivity index (χ0v) is 13.5. The number of ether oxygens (including phenoxy) is 1. The van der Waals surface area contributed by atoms with Crippen LogP contribution in [0.25, 0.3) is 0 Å². The van der Waals surface area contributed by atoms with E-state index >= 15 is 0 Å². The van der Waals surface area contributed by atoms with Crippen LogP contribution in [0.4, 0.5) is 0 Å². The van der Waals surface area contributed by atoms with Crippen molar-refractivity contribution in [2.45, 2.75) is 26.4 Å². The minimum Gasteiger partial charge on any atom is -0.380 e. The number of benzene rings is 1. The van der Waals surface area contributed by atoms with Crippen LogP contribution in [0.1, 0.15) is 31.0 Å². The number of hydrogen-bond donors (Lipinski definition) is 0. The van der Waals surface area contributed by atoms with Gasteiger partial charge in [-0.2, -0.15) is 0 Å². The van der Waals surface area contributed by atoms with E-state index in [-0.39, 0.29) is 0 Å². The molecule has 1 aromatic rings. The third kappa shape index (κ3) is 3.81. The summed E-state index contributed by atoms with van der Waals surface area (Å²) < 4.78 is 5.33. The lowest BCUT2D eigenvalue weighted by Crippen LogP contribution is -2.47. The molecule has 0 aromatic heterocycles. The third-order valence-electron chi connectivity index (χ3n) is 4.21. The van der Waals surface area contributed by atoms with E-state index in [9.17, 15) is 0 Å². The van der Waals surface area contributed by atoms with Crippen LogP contribution in [0.2, 0.25) is 0 Å². The Hall–Kier alpha value is -0.900. The molecule has 2 rings (SSSR count). The van der Waals surface area contributed by atoms with Gasteiger partial charge in [-0.25, -0.2) is 0 Å². The second kappa shape index (κ2) is 6.25. The largest absolute Gasteiger partial charge is 0.380 e. The van der Waals surface area contributed by atoms with Gasteiger partial charge in [-0.1, -0.05) is 31.2 Å². The molecule has 0 radical (unpaired) electrons. The molecule has 1 fully saturated rings. The molecular formula is C17H28N2O. The van der Waals surface area contributed by atoms with Crippen LogP contribution < -0.4 is 0 Å². The maximum Gasteiger partial charge on any atom is 0.0554 e. The molecule has 3 nitrogen and oxygen atoms in total. The van der Waals surface area contributed by atoms with Gasteiger partial charge in [0.1, 0.15) is 0 Å². The molecule has 0 spiro atoms. The molecule has 1 aromatic carbocycles. The first-order chi connectivity index (χ1) is 9.39. The summed E-state index contributed by atoms with van der Waals surface area (Å²) in [6.45, 7) is 8.45. The molecule has 1 heterocycles. The van der Waals surface area contributed by atoms with Crippen molar-refractivity contribution in [2.75, 3.05) is 40.9 Å². The Morgan fingerprint density at radius 3 is 2.50 bits per heavy atom. The Labute approximate surface area is 123 Å². The van der Waals surface area contributed by atoms with Gasteiger partial charge < -0.3 is 14.5 Å². The standard InChI is InChI=1S/C17H28N2O/c1-14(18(3)4)16-8-6-7-15(9-16)10-19(5)11-17(2)12-20-13-17/h6-9,14H,10-13H2,1-5H3. The molecule has 20 heavy (non-hydrogen) atoms. The van der Waals surface area contributed by atoms with Crippen molar-refractivity contribution >= 4 is 0 Å². The van der Waals surface area contributed by atoms with Crippen molar-refractivity contribution in [2.24, 2.45) is 5.41 Å². The highest BCUT2D eigenvalue weighted by Crippen LogP contribution is 2.28. The maximum atomic E-state index is 5.33. The fourth-order valence-electron chi connectivity index (χ4n) is 2.81. The van der Waals surface area contributed by atoms with E-state index in [0.717, 1.165) is 26.3 Å². The Kier molecular flexibility index (Phi) is 4.84. The van der Waals surface area contributed by atoms with Gasteiger partial charge in [0.25, 0.3) is 0 Å². The lowest BCUT2D eigenvalue weighted by atomic mass is 9.88. The fraction of sp³-hybridized carbons (Fsp3) is 0.647. The van der Waals surface area contributed by atoms with Gasteiger partial charge in [-0.15, -0.1) is 0 Å². The molecule has 1 unspecified atom stereocenters.